The number of alkyl halides is 3. The number of nitrogens with zero attached hydrogens (tertiary/aromatic N) is 3. The van der Waals surface area contributed by atoms with E-state index in [1.807, 2.05) is 0 Å². The Labute approximate surface area is 127 Å². The maximum Gasteiger partial charge on any atom is 0.573 e. The number of anilines is 2. The number of hydrogen-bond acceptors (Lipinski definition) is 6. The molecule has 0 atom stereocenters. The lowest BCUT2D eigenvalue weighted by atomic mass is 10.1. The molecule has 1 aromatic carbocycles. The first kappa shape index (κ1) is 15.7. The minimum Gasteiger partial charge on any atom is -0.404 e. The second-order valence-corrected chi connectivity index (χ2v) is 4.40. The van der Waals surface area contributed by atoms with Crippen molar-refractivity contribution in [2.75, 3.05) is 11.5 Å². The van der Waals surface area contributed by atoms with Gasteiger partial charge in [0, 0.05) is 5.56 Å². The molecule has 0 aliphatic rings. The van der Waals surface area contributed by atoms with Crippen molar-refractivity contribution in [1.82, 2.24) is 9.97 Å². The topological polar surface area (TPSA) is 111 Å². The van der Waals surface area contributed by atoms with Crippen LogP contribution in [-0.4, -0.2) is 16.3 Å². The van der Waals surface area contributed by atoms with E-state index >= 15 is 0 Å². The summed E-state index contributed by atoms with van der Waals surface area (Å²) in [6, 6.07) is 5.21. The summed E-state index contributed by atoms with van der Waals surface area (Å²) in [5.74, 6) is -0.901. The Morgan fingerprint density at radius 2 is 1.91 bits per heavy atom. The van der Waals surface area contributed by atoms with Crippen molar-refractivity contribution in [2.24, 2.45) is 0 Å². The molecule has 2 aromatic rings. The maximum atomic E-state index is 12.2. The summed E-state index contributed by atoms with van der Waals surface area (Å²) in [5.41, 5.74) is 11.3. The molecule has 0 spiro atoms. The van der Waals surface area contributed by atoms with Crippen LogP contribution in [0.5, 0.6) is 5.75 Å². The van der Waals surface area contributed by atoms with E-state index in [4.69, 9.17) is 28.3 Å². The normalized spacial score (nSPS) is 11.0. The molecule has 0 aliphatic heterocycles. The molecule has 0 radical (unpaired) electrons. The van der Waals surface area contributed by atoms with Crippen molar-refractivity contribution in [3.05, 3.63) is 28.8 Å². The van der Waals surface area contributed by atoms with Crippen molar-refractivity contribution < 1.29 is 17.9 Å². The van der Waals surface area contributed by atoms with Crippen LogP contribution < -0.4 is 16.2 Å². The summed E-state index contributed by atoms with van der Waals surface area (Å²) in [6.07, 6.45) is -4.87. The van der Waals surface area contributed by atoms with Crippen molar-refractivity contribution >= 4 is 23.4 Å². The van der Waals surface area contributed by atoms with Crippen molar-refractivity contribution in [3.63, 3.8) is 0 Å². The molecule has 1 aromatic heterocycles. The fourth-order valence-electron chi connectivity index (χ4n) is 1.67. The Hall–Kier alpha value is -2.73. The lowest BCUT2D eigenvalue weighted by Gasteiger charge is -2.12. The van der Waals surface area contributed by atoms with E-state index in [0.717, 1.165) is 12.1 Å². The summed E-state index contributed by atoms with van der Waals surface area (Å²) in [7, 11) is 0. The zero-order valence-corrected chi connectivity index (χ0v) is 11.4. The predicted molar refractivity (Wildman–Crippen MR) is 72.7 cm³/mol. The summed E-state index contributed by atoms with van der Waals surface area (Å²) >= 11 is 5.75. The average molecular weight is 330 g/mol. The number of nitrogens with two attached hydrogens (primary N) is 2. The average Bonchev–Trinajstić information content (AvgIpc) is 2.39. The first-order chi connectivity index (χ1) is 10.2. The lowest BCUT2D eigenvalue weighted by molar-refractivity contribution is -0.274. The fourth-order valence-corrected chi connectivity index (χ4v) is 1.89. The van der Waals surface area contributed by atoms with E-state index in [1.165, 1.54) is 6.07 Å². The standard InChI is InChI=1S/C12H7ClF3N5O/c13-7-3-5(1-2-8(7)22-12(14,15)16)9-6(4-17)10(18)21-11(19)20-9/h1-3H,(H4,18,19,20,21). The largest absolute Gasteiger partial charge is 0.573 e. The van der Waals surface area contributed by atoms with Crippen LogP contribution in [0.3, 0.4) is 0 Å². The second kappa shape index (κ2) is 5.57. The molecular formula is C12H7ClF3N5O. The van der Waals surface area contributed by atoms with E-state index in [9.17, 15) is 13.2 Å². The molecule has 0 saturated carbocycles. The Kier molecular flexibility index (Phi) is 3.97. The van der Waals surface area contributed by atoms with Crippen LogP contribution in [-0.2, 0) is 0 Å². The molecule has 0 aliphatic carbocycles. The zero-order valence-electron chi connectivity index (χ0n) is 10.6. The number of aromatic nitrogens is 2. The predicted octanol–water partition coefficient (Wildman–Crippen LogP) is 2.73. The first-order valence-corrected chi connectivity index (χ1v) is 5.98. The van der Waals surface area contributed by atoms with Gasteiger partial charge in [-0.15, -0.1) is 13.2 Å². The van der Waals surface area contributed by atoms with Gasteiger partial charge in [-0.25, -0.2) is 4.98 Å². The van der Waals surface area contributed by atoms with Gasteiger partial charge in [0.1, 0.15) is 23.2 Å². The van der Waals surface area contributed by atoms with Crippen LogP contribution in [0.1, 0.15) is 5.56 Å². The molecule has 10 heteroatoms. The molecule has 4 N–H and O–H groups in total. The van der Waals surface area contributed by atoms with E-state index in [0.29, 0.717) is 0 Å². The molecular weight excluding hydrogens is 323 g/mol. The van der Waals surface area contributed by atoms with Crippen molar-refractivity contribution in [2.45, 2.75) is 6.36 Å². The summed E-state index contributed by atoms with van der Waals surface area (Å²) in [6.45, 7) is 0. The highest BCUT2D eigenvalue weighted by Gasteiger charge is 2.32. The van der Waals surface area contributed by atoms with Gasteiger partial charge in [0.05, 0.1) is 10.7 Å². The summed E-state index contributed by atoms with van der Waals surface area (Å²) in [4.78, 5) is 7.50. The van der Waals surface area contributed by atoms with Gasteiger partial charge in [-0.3, -0.25) is 0 Å². The Balaban J connectivity index is 2.52. The fraction of sp³-hybridized carbons (Fsp3) is 0.0833. The molecule has 114 valence electrons. The van der Waals surface area contributed by atoms with Gasteiger partial charge in [0.2, 0.25) is 5.95 Å². The van der Waals surface area contributed by atoms with Gasteiger partial charge >= 0.3 is 6.36 Å². The number of benzene rings is 1. The summed E-state index contributed by atoms with van der Waals surface area (Å²) < 4.78 is 40.3. The van der Waals surface area contributed by atoms with Crippen LogP contribution in [0, 0.1) is 11.3 Å². The molecule has 1 heterocycles. The van der Waals surface area contributed by atoms with E-state index in [2.05, 4.69) is 14.7 Å². The zero-order chi connectivity index (χ0) is 16.5. The molecule has 0 unspecified atom stereocenters. The van der Waals surface area contributed by atoms with Gasteiger partial charge in [-0.1, -0.05) is 11.6 Å². The van der Waals surface area contributed by atoms with Gasteiger partial charge in [-0.05, 0) is 18.2 Å². The van der Waals surface area contributed by atoms with E-state index < -0.39 is 12.1 Å². The second-order valence-electron chi connectivity index (χ2n) is 4.00. The molecule has 2 rings (SSSR count). The van der Waals surface area contributed by atoms with Crippen LogP contribution in [0.15, 0.2) is 18.2 Å². The molecule has 0 saturated heterocycles. The first-order valence-electron chi connectivity index (χ1n) is 5.60. The molecule has 0 bridgehead atoms. The highest BCUT2D eigenvalue weighted by atomic mass is 35.5. The highest BCUT2D eigenvalue weighted by molar-refractivity contribution is 6.32. The minimum atomic E-state index is -4.87. The van der Waals surface area contributed by atoms with Crippen molar-refractivity contribution in [1.29, 1.82) is 5.26 Å². The van der Waals surface area contributed by atoms with Crippen LogP contribution >= 0.6 is 11.6 Å². The van der Waals surface area contributed by atoms with E-state index in [-0.39, 0.29) is 33.6 Å². The minimum absolute atomic E-state index is 0.0604. The Morgan fingerprint density at radius 3 is 2.45 bits per heavy atom. The van der Waals surface area contributed by atoms with Crippen LogP contribution in [0.25, 0.3) is 11.3 Å². The highest BCUT2D eigenvalue weighted by Crippen LogP contribution is 2.34. The third-order valence-corrected chi connectivity index (χ3v) is 2.79. The number of nitriles is 1. The van der Waals surface area contributed by atoms with Gasteiger partial charge in [-0.2, -0.15) is 10.2 Å². The maximum absolute atomic E-state index is 12.2. The third-order valence-electron chi connectivity index (χ3n) is 2.50. The smallest absolute Gasteiger partial charge is 0.404 e. The number of nitrogen functional groups attached to an aromatic ring is 2. The van der Waals surface area contributed by atoms with E-state index in [1.54, 1.807) is 6.07 Å². The molecule has 0 fully saturated rings. The quantitative estimate of drug-likeness (QED) is 0.876. The third kappa shape index (κ3) is 3.29. The van der Waals surface area contributed by atoms with Gasteiger partial charge < -0.3 is 16.2 Å². The van der Waals surface area contributed by atoms with Gasteiger partial charge in [0.25, 0.3) is 0 Å². The number of rotatable bonds is 2. The number of hydrogen-bond donors (Lipinski definition) is 2. The SMILES string of the molecule is N#Cc1c(N)nc(N)nc1-c1ccc(OC(F)(F)F)c(Cl)c1. The van der Waals surface area contributed by atoms with Crippen LogP contribution in [0.2, 0.25) is 5.02 Å². The molecule has 22 heavy (non-hydrogen) atoms. The molecule has 0 amide bonds. The Morgan fingerprint density at radius 1 is 1.23 bits per heavy atom. The van der Waals surface area contributed by atoms with Crippen LogP contribution in [0.4, 0.5) is 24.9 Å². The Bertz CT molecular complexity index is 773. The monoisotopic (exact) mass is 329 g/mol. The lowest BCUT2D eigenvalue weighted by Crippen LogP contribution is -2.17. The molecule has 6 nitrogen and oxygen atoms in total. The number of ether oxygens (including phenoxy) is 1. The summed E-state index contributed by atoms with van der Waals surface area (Å²) in [5, 5.41) is 8.76. The number of halogens is 4. The van der Waals surface area contributed by atoms with Gasteiger partial charge in [0.15, 0.2) is 0 Å². The van der Waals surface area contributed by atoms with Crippen molar-refractivity contribution in [3.8, 4) is 23.1 Å².